The molecule has 0 bridgehead atoms. The summed E-state index contributed by atoms with van der Waals surface area (Å²) in [5.41, 5.74) is 1.46. The van der Waals surface area contributed by atoms with E-state index >= 15 is 0 Å². The van der Waals surface area contributed by atoms with Crippen molar-refractivity contribution >= 4 is 10.0 Å². The van der Waals surface area contributed by atoms with Gasteiger partial charge < -0.3 is 14.2 Å². The van der Waals surface area contributed by atoms with Gasteiger partial charge in [-0.3, -0.25) is 0 Å². The molecule has 0 aliphatic heterocycles. The minimum atomic E-state index is -3.69. The second kappa shape index (κ2) is 7.58. The van der Waals surface area contributed by atoms with Crippen LogP contribution in [-0.2, 0) is 19.5 Å². The Morgan fingerprint density at radius 2 is 1.60 bits per heavy atom. The number of sulfonamides is 1. The molecular weight excluding hydrogens is 282 g/mol. The molecule has 6 nitrogen and oxygen atoms in total. The summed E-state index contributed by atoms with van der Waals surface area (Å²) in [6.45, 7) is 5.45. The third-order valence-electron chi connectivity index (χ3n) is 2.67. The van der Waals surface area contributed by atoms with Gasteiger partial charge in [-0.15, -0.1) is 0 Å². The van der Waals surface area contributed by atoms with Crippen LogP contribution in [0.2, 0.25) is 0 Å². The summed E-state index contributed by atoms with van der Waals surface area (Å²) in [5, 5.41) is 5.11. The predicted octanol–water partition coefficient (Wildman–Crippen LogP) is 0.993. The maximum atomic E-state index is 11.3. The van der Waals surface area contributed by atoms with Gasteiger partial charge in [-0.05, 0) is 37.1 Å². The Morgan fingerprint density at radius 1 is 1.05 bits per heavy atom. The number of primary sulfonamides is 1. The van der Waals surface area contributed by atoms with E-state index in [9.17, 15) is 8.42 Å². The standard InChI is InChI=1S/C13H21NO5S/c1-10-8-12(20(14,15)16)9-11(2)13(10)19-7-6-18-5-4-17-3/h8-9H,4-7H2,1-3H3,(H2,14,15,16). The van der Waals surface area contributed by atoms with Crippen molar-refractivity contribution in [3.63, 3.8) is 0 Å². The molecule has 0 aromatic heterocycles. The molecule has 114 valence electrons. The van der Waals surface area contributed by atoms with Gasteiger partial charge >= 0.3 is 0 Å². The molecule has 0 aliphatic carbocycles. The molecule has 2 N–H and O–H groups in total. The highest BCUT2D eigenvalue weighted by molar-refractivity contribution is 7.89. The van der Waals surface area contributed by atoms with E-state index in [2.05, 4.69) is 0 Å². The van der Waals surface area contributed by atoms with Crippen LogP contribution in [0.15, 0.2) is 17.0 Å². The van der Waals surface area contributed by atoms with Crippen LogP contribution in [0.4, 0.5) is 0 Å². The Balaban J connectivity index is 2.63. The first-order valence-electron chi connectivity index (χ1n) is 6.19. The first-order chi connectivity index (χ1) is 9.36. The van der Waals surface area contributed by atoms with E-state index in [1.165, 1.54) is 12.1 Å². The monoisotopic (exact) mass is 303 g/mol. The van der Waals surface area contributed by atoms with Crippen molar-refractivity contribution in [1.82, 2.24) is 0 Å². The Morgan fingerprint density at radius 3 is 2.10 bits per heavy atom. The van der Waals surface area contributed by atoms with Crippen LogP contribution in [0.1, 0.15) is 11.1 Å². The zero-order valence-electron chi connectivity index (χ0n) is 12.0. The van der Waals surface area contributed by atoms with Crippen LogP contribution in [0, 0.1) is 13.8 Å². The highest BCUT2D eigenvalue weighted by Gasteiger charge is 2.13. The van der Waals surface area contributed by atoms with Crippen LogP contribution in [0.25, 0.3) is 0 Å². The topological polar surface area (TPSA) is 87.8 Å². The number of aryl methyl sites for hydroxylation is 2. The number of hydrogen-bond acceptors (Lipinski definition) is 5. The third-order valence-corrected chi connectivity index (χ3v) is 3.56. The fourth-order valence-corrected chi connectivity index (χ4v) is 2.43. The number of rotatable bonds is 8. The summed E-state index contributed by atoms with van der Waals surface area (Å²) < 4.78 is 38.4. The van der Waals surface area contributed by atoms with E-state index in [4.69, 9.17) is 19.3 Å². The molecular formula is C13H21NO5S. The van der Waals surface area contributed by atoms with Gasteiger partial charge in [-0.25, -0.2) is 13.6 Å². The quantitative estimate of drug-likeness (QED) is 0.724. The third kappa shape index (κ3) is 5.09. The van der Waals surface area contributed by atoms with E-state index in [0.29, 0.717) is 32.2 Å². The van der Waals surface area contributed by atoms with Gasteiger partial charge in [0, 0.05) is 7.11 Å². The molecule has 7 heteroatoms. The lowest BCUT2D eigenvalue weighted by molar-refractivity contribution is 0.0542. The fourth-order valence-electron chi connectivity index (χ4n) is 1.75. The van der Waals surface area contributed by atoms with E-state index in [1.54, 1.807) is 21.0 Å². The number of nitrogens with two attached hydrogens (primary N) is 1. The molecule has 0 saturated carbocycles. The van der Waals surface area contributed by atoms with E-state index < -0.39 is 10.0 Å². The molecule has 0 saturated heterocycles. The molecule has 0 unspecified atom stereocenters. The number of ether oxygens (including phenoxy) is 3. The van der Waals surface area contributed by atoms with Crippen LogP contribution in [-0.4, -0.2) is 42.0 Å². The molecule has 0 heterocycles. The molecule has 1 aromatic carbocycles. The lowest BCUT2D eigenvalue weighted by Crippen LogP contribution is -2.14. The van der Waals surface area contributed by atoms with Crippen LogP contribution in [0.3, 0.4) is 0 Å². The largest absolute Gasteiger partial charge is 0.491 e. The Labute approximate surface area is 119 Å². The zero-order chi connectivity index (χ0) is 15.2. The average Bonchev–Trinajstić information content (AvgIpc) is 2.34. The molecule has 0 radical (unpaired) electrons. The van der Waals surface area contributed by atoms with Gasteiger partial charge in [0.05, 0.1) is 24.7 Å². The number of hydrogen-bond donors (Lipinski definition) is 1. The number of methoxy groups -OCH3 is 1. The molecule has 0 atom stereocenters. The smallest absolute Gasteiger partial charge is 0.238 e. The van der Waals surface area contributed by atoms with Gasteiger partial charge in [-0.2, -0.15) is 0 Å². The minimum absolute atomic E-state index is 0.0937. The normalized spacial score (nSPS) is 11.6. The Bertz CT molecular complexity index is 519. The molecule has 0 spiro atoms. The summed E-state index contributed by atoms with van der Waals surface area (Å²) in [5.74, 6) is 0.660. The predicted molar refractivity (Wildman–Crippen MR) is 75.5 cm³/mol. The minimum Gasteiger partial charge on any atom is -0.491 e. The van der Waals surface area contributed by atoms with Gasteiger partial charge in [0.1, 0.15) is 12.4 Å². The van der Waals surface area contributed by atoms with Crippen molar-refractivity contribution < 1.29 is 22.6 Å². The van der Waals surface area contributed by atoms with Crippen LogP contribution >= 0.6 is 0 Å². The van der Waals surface area contributed by atoms with Crippen molar-refractivity contribution in [3.05, 3.63) is 23.3 Å². The highest BCUT2D eigenvalue weighted by Crippen LogP contribution is 2.26. The first-order valence-corrected chi connectivity index (χ1v) is 7.74. The number of benzene rings is 1. The van der Waals surface area contributed by atoms with E-state index in [0.717, 1.165) is 11.1 Å². The van der Waals surface area contributed by atoms with Gasteiger partial charge in [-0.1, -0.05) is 0 Å². The maximum Gasteiger partial charge on any atom is 0.238 e. The zero-order valence-corrected chi connectivity index (χ0v) is 12.8. The molecule has 0 amide bonds. The van der Waals surface area contributed by atoms with Crippen molar-refractivity contribution in [2.75, 3.05) is 33.5 Å². The second-order valence-electron chi connectivity index (χ2n) is 4.38. The van der Waals surface area contributed by atoms with Crippen molar-refractivity contribution in [2.24, 2.45) is 5.14 Å². The fraction of sp³-hybridized carbons (Fsp3) is 0.538. The maximum absolute atomic E-state index is 11.3. The first kappa shape index (κ1) is 16.9. The molecule has 1 rings (SSSR count). The van der Waals surface area contributed by atoms with Gasteiger partial charge in [0.25, 0.3) is 0 Å². The summed E-state index contributed by atoms with van der Waals surface area (Å²) in [6, 6.07) is 3.01. The lowest BCUT2D eigenvalue weighted by atomic mass is 10.1. The Hall–Kier alpha value is -1.15. The van der Waals surface area contributed by atoms with Crippen molar-refractivity contribution in [1.29, 1.82) is 0 Å². The lowest BCUT2D eigenvalue weighted by Gasteiger charge is -2.13. The SMILES string of the molecule is COCCOCCOc1c(C)cc(S(N)(=O)=O)cc1C. The van der Waals surface area contributed by atoms with E-state index in [1.807, 2.05) is 0 Å². The second-order valence-corrected chi connectivity index (χ2v) is 5.95. The van der Waals surface area contributed by atoms with Crippen molar-refractivity contribution in [3.8, 4) is 5.75 Å². The Kier molecular flexibility index (Phi) is 6.41. The summed E-state index contributed by atoms with van der Waals surface area (Å²) in [7, 11) is -2.08. The molecule has 0 aliphatic rings. The van der Waals surface area contributed by atoms with Crippen LogP contribution in [0.5, 0.6) is 5.75 Å². The highest BCUT2D eigenvalue weighted by atomic mass is 32.2. The van der Waals surface area contributed by atoms with Crippen LogP contribution < -0.4 is 9.88 Å². The summed E-state index contributed by atoms with van der Waals surface area (Å²) >= 11 is 0. The van der Waals surface area contributed by atoms with Gasteiger partial charge in [0.15, 0.2) is 0 Å². The van der Waals surface area contributed by atoms with E-state index in [-0.39, 0.29) is 4.90 Å². The average molecular weight is 303 g/mol. The summed E-state index contributed by atoms with van der Waals surface area (Å²) in [6.07, 6.45) is 0. The molecule has 20 heavy (non-hydrogen) atoms. The van der Waals surface area contributed by atoms with Gasteiger partial charge in [0.2, 0.25) is 10.0 Å². The molecule has 0 fully saturated rings. The summed E-state index contributed by atoms with van der Waals surface area (Å²) in [4.78, 5) is 0.0937. The van der Waals surface area contributed by atoms with Crippen molar-refractivity contribution in [2.45, 2.75) is 18.7 Å². The molecule has 1 aromatic rings.